The van der Waals surface area contributed by atoms with Gasteiger partial charge in [-0.25, -0.2) is 4.68 Å². The molecule has 4 rings (SSSR count). The number of likely N-dealkylation sites (N-methyl/N-ethyl adjacent to an activating group) is 1. The highest BCUT2D eigenvalue weighted by atomic mass is 16.5. The third kappa shape index (κ3) is 4.84. The lowest BCUT2D eigenvalue weighted by molar-refractivity contribution is 0.196. The van der Waals surface area contributed by atoms with E-state index in [-0.39, 0.29) is 5.56 Å². The Morgan fingerprint density at radius 2 is 1.65 bits per heavy atom. The first-order valence-electron chi connectivity index (χ1n) is 10.5. The molecule has 0 aliphatic rings. The van der Waals surface area contributed by atoms with E-state index < -0.39 is 0 Å². The van der Waals surface area contributed by atoms with Crippen molar-refractivity contribution < 1.29 is 4.74 Å². The van der Waals surface area contributed by atoms with Gasteiger partial charge in [0.2, 0.25) is 0 Å². The highest BCUT2D eigenvalue weighted by Gasteiger charge is 2.13. The predicted octanol–water partition coefficient (Wildman–Crippen LogP) is 4.65. The van der Waals surface area contributed by atoms with Crippen LogP contribution in [0.1, 0.15) is 11.1 Å². The molecule has 0 unspecified atom stereocenters. The fourth-order valence-corrected chi connectivity index (χ4v) is 3.58. The second kappa shape index (κ2) is 9.14. The fourth-order valence-electron chi connectivity index (χ4n) is 3.58. The fraction of sp³-hybridized carbons (Fsp3) is 0.231. The molecular formula is C26H27N3O2. The van der Waals surface area contributed by atoms with Crippen LogP contribution in [0.2, 0.25) is 0 Å². The number of rotatable bonds is 7. The van der Waals surface area contributed by atoms with Gasteiger partial charge in [0.1, 0.15) is 12.4 Å². The molecule has 0 aliphatic heterocycles. The maximum Gasteiger partial charge on any atom is 0.275 e. The summed E-state index contributed by atoms with van der Waals surface area (Å²) < 4.78 is 7.40. The first-order valence-corrected chi connectivity index (χ1v) is 10.5. The Kier molecular flexibility index (Phi) is 6.14. The molecule has 0 atom stereocenters. The van der Waals surface area contributed by atoms with Gasteiger partial charge in [-0.1, -0.05) is 60.2 Å². The van der Waals surface area contributed by atoms with Gasteiger partial charge >= 0.3 is 0 Å². The Morgan fingerprint density at radius 3 is 2.39 bits per heavy atom. The van der Waals surface area contributed by atoms with Gasteiger partial charge in [0.25, 0.3) is 5.56 Å². The van der Waals surface area contributed by atoms with Crippen molar-refractivity contribution >= 4 is 10.8 Å². The molecule has 0 fully saturated rings. The normalized spacial score (nSPS) is 11.2. The SMILES string of the molecule is Cc1ccc(-c2nn(CN(C)CCOc3cccc(C)c3)c(=O)c3ccccc23)cc1. The van der Waals surface area contributed by atoms with E-state index in [1.54, 1.807) is 4.68 Å². The topological polar surface area (TPSA) is 47.4 Å². The van der Waals surface area contributed by atoms with Crippen LogP contribution in [-0.4, -0.2) is 34.9 Å². The van der Waals surface area contributed by atoms with Gasteiger partial charge in [-0.2, -0.15) is 5.10 Å². The quantitative estimate of drug-likeness (QED) is 0.443. The molecule has 0 N–H and O–H groups in total. The molecule has 4 aromatic rings. The van der Waals surface area contributed by atoms with Crippen molar-refractivity contribution in [3.05, 3.63) is 94.3 Å². The van der Waals surface area contributed by atoms with Gasteiger partial charge < -0.3 is 4.74 Å². The van der Waals surface area contributed by atoms with Crippen LogP contribution in [0, 0.1) is 13.8 Å². The summed E-state index contributed by atoms with van der Waals surface area (Å²) in [5.41, 5.74) is 4.09. The summed E-state index contributed by atoms with van der Waals surface area (Å²) in [7, 11) is 1.97. The van der Waals surface area contributed by atoms with E-state index in [0.717, 1.165) is 22.4 Å². The average Bonchev–Trinajstić information content (AvgIpc) is 2.76. The van der Waals surface area contributed by atoms with Crippen LogP contribution in [0.4, 0.5) is 0 Å². The van der Waals surface area contributed by atoms with Crippen molar-refractivity contribution in [2.75, 3.05) is 20.2 Å². The number of hydrogen-bond acceptors (Lipinski definition) is 4. The van der Waals surface area contributed by atoms with Crippen LogP contribution in [0.15, 0.2) is 77.6 Å². The number of aromatic nitrogens is 2. The Morgan fingerprint density at radius 1 is 0.903 bits per heavy atom. The first-order chi connectivity index (χ1) is 15.0. The van der Waals surface area contributed by atoms with Crippen molar-refractivity contribution in [2.45, 2.75) is 20.5 Å². The first kappa shape index (κ1) is 20.8. The molecule has 0 aliphatic carbocycles. The van der Waals surface area contributed by atoms with E-state index >= 15 is 0 Å². The minimum absolute atomic E-state index is 0.0853. The zero-order valence-electron chi connectivity index (χ0n) is 18.2. The second-order valence-electron chi connectivity index (χ2n) is 7.95. The second-order valence-corrected chi connectivity index (χ2v) is 7.95. The lowest BCUT2D eigenvalue weighted by Gasteiger charge is -2.19. The molecule has 0 spiro atoms. The van der Waals surface area contributed by atoms with E-state index in [9.17, 15) is 4.79 Å². The van der Waals surface area contributed by atoms with E-state index in [4.69, 9.17) is 9.84 Å². The van der Waals surface area contributed by atoms with Crippen LogP contribution in [0.25, 0.3) is 22.0 Å². The van der Waals surface area contributed by atoms with Crippen molar-refractivity contribution in [3.63, 3.8) is 0 Å². The van der Waals surface area contributed by atoms with Gasteiger partial charge in [0, 0.05) is 17.5 Å². The largest absolute Gasteiger partial charge is 0.492 e. The summed E-state index contributed by atoms with van der Waals surface area (Å²) in [5.74, 6) is 0.857. The van der Waals surface area contributed by atoms with E-state index in [1.165, 1.54) is 11.1 Å². The Balaban J connectivity index is 1.56. The number of benzene rings is 3. The molecule has 0 saturated carbocycles. The van der Waals surface area contributed by atoms with Crippen molar-refractivity contribution in [2.24, 2.45) is 0 Å². The smallest absolute Gasteiger partial charge is 0.275 e. The van der Waals surface area contributed by atoms with Crippen molar-refractivity contribution in [1.29, 1.82) is 0 Å². The summed E-state index contributed by atoms with van der Waals surface area (Å²) in [6.45, 7) is 5.70. The number of nitrogens with zero attached hydrogens (tertiary/aromatic N) is 3. The van der Waals surface area contributed by atoms with Gasteiger partial charge in [0.15, 0.2) is 0 Å². The van der Waals surface area contributed by atoms with Gasteiger partial charge in [0.05, 0.1) is 17.7 Å². The van der Waals surface area contributed by atoms with E-state index in [1.807, 2.05) is 67.4 Å². The minimum Gasteiger partial charge on any atom is -0.492 e. The molecule has 5 nitrogen and oxygen atoms in total. The van der Waals surface area contributed by atoms with Crippen LogP contribution in [0.3, 0.4) is 0 Å². The molecule has 0 saturated heterocycles. The monoisotopic (exact) mass is 413 g/mol. The number of ether oxygens (including phenoxy) is 1. The summed E-state index contributed by atoms with van der Waals surface area (Å²) in [6, 6.07) is 23.9. The Hall–Kier alpha value is -3.44. The molecule has 1 heterocycles. The average molecular weight is 414 g/mol. The van der Waals surface area contributed by atoms with Gasteiger partial charge in [-0.15, -0.1) is 0 Å². The number of fused-ring (bicyclic) bond motifs is 1. The standard InChI is InChI=1S/C26H27N3O2/c1-19-11-13-21(14-12-19)25-23-9-4-5-10-24(23)26(30)29(27-25)18-28(3)15-16-31-22-8-6-7-20(2)17-22/h4-14,17H,15-16,18H2,1-3H3. The zero-order valence-corrected chi connectivity index (χ0v) is 18.2. The maximum atomic E-state index is 13.1. The summed E-state index contributed by atoms with van der Waals surface area (Å²) in [5, 5.41) is 6.29. The van der Waals surface area contributed by atoms with Crippen LogP contribution in [-0.2, 0) is 6.67 Å². The Bertz CT molecular complexity index is 1250. The third-order valence-electron chi connectivity index (χ3n) is 5.30. The molecule has 0 amide bonds. The summed E-state index contributed by atoms with van der Waals surface area (Å²) >= 11 is 0. The molecular weight excluding hydrogens is 386 g/mol. The maximum absolute atomic E-state index is 13.1. The van der Waals surface area contributed by atoms with Crippen molar-refractivity contribution in [3.8, 4) is 17.0 Å². The zero-order chi connectivity index (χ0) is 21.8. The van der Waals surface area contributed by atoms with Crippen LogP contribution >= 0.6 is 0 Å². The molecule has 3 aromatic carbocycles. The molecule has 31 heavy (non-hydrogen) atoms. The van der Waals surface area contributed by atoms with Gasteiger partial charge in [-0.3, -0.25) is 9.69 Å². The summed E-state index contributed by atoms with van der Waals surface area (Å²) in [4.78, 5) is 15.1. The van der Waals surface area contributed by atoms with E-state index in [0.29, 0.717) is 25.2 Å². The molecule has 158 valence electrons. The van der Waals surface area contributed by atoms with Crippen molar-refractivity contribution in [1.82, 2.24) is 14.7 Å². The number of hydrogen-bond donors (Lipinski definition) is 0. The third-order valence-corrected chi connectivity index (χ3v) is 5.30. The highest BCUT2D eigenvalue weighted by Crippen LogP contribution is 2.24. The molecule has 1 aromatic heterocycles. The van der Waals surface area contributed by atoms with Crippen LogP contribution in [0.5, 0.6) is 5.75 Å². The molecule has 0 radical (unpaired) electrons. The van der Waals surface area contributed by atoms with E-state index in [2.05, 4.69) is 31.2 Å². The Labute approximate surface area is 182 Å². The summed E-state index contributed by atoms with van der Waals surface area (Å²) in [6.07, 6.45) is 0. The minimum atomic E-state index is -0.0853. The lowest BCUT2D eigenvalue weighted by atomic mass is 10.0. The predicted molar refractivity (Wildman–Crippen MR) is 125 cm³/mol. The van der Waals surface area contributed by atoms with Crippen LogP contribution < -0.4 is 10.3 Å². The lowest BCUT2D eigenvalue weighted by Crippen LogP contribution is -2.34. The number of aryl methyl sites for hydroxylation is 2. The van der Waals surface area contributed by atoms with Gasteiger partial charge in [-0.05, 0) is 44.7 Å². The highest BCUT2D eigenvalue weighted by molar-refractivity contribution is 5.93. The molecule has 5 heteroatoms. The molecule has 0 bridgehead atoms.